The molecule has 0 spiro atoms. The highest BCUT2D eigenvalue weighted by atomic mass is 31.2. The fourth-order valence-electron chi connectivity index (χ4n) is 8.23. The first kappa shape index (κ1) is 72.7. The summed E-state index contributed by atoms with van der Waals surface area (Å²) < 4.78 is 39.5. The Morgan fingerprint density at radius 3 is 1.18 bits per heavy atom. The summed E-state index contributed by atoms with van der Waals surface area (Å²) in [4.78, 5) is 48.6. The first-order chi connectivity index (χ1) is 37.2. The predicted molar refractivity (Wildman–Crippen MR) is 316 cm³/mol. The van der Waals surface area contributed by atoms with Gasteiger partial charge < -0.3 is 24.2 Å². The Morgan fingerprint density at radius 2 is 0.737 bits per heavy atom. The molecule has 0 radical (unpaired) electrons. The van der Waals surface area contributed by atoms with Gasteiger partial charge in [-0.3, -0.25) is 23.4 Å². The molecule has 0 saturated carbocycles. The van der Waals surface area contributed by atoms with Gasteiger partial charge in [-0.05, 0) is 77.0 Å². The molecular formula is C64H111O11P. The Bertz CT molecular complexity index is 1600. The van der Waals surface area contributed by atoms with Crippen LogP contribution in [0.15, 0.2) is 85.1 Å². The van der Waals surface area contributed by atoms with Crippen molar-refractivity contribution in [1.29, 1.82) is 0 Å². The van der Waals surface area contributed by atoms with E-state index in [2.05, 4.69) is 87.6 Å². The van der Waals surface area contributed by atoms with Crippen LogP contribution in [0.5, 0.6) is 0 Å². The van der Waals surface area contributed by atoms with Crippen molar-refractivity contribution in [2.24, 2.45) is 0 Å². The van der Waals surface area contributed by atoms with E-state index >= 15 is 0 Å². The molecule has 12 heteroatoms. The quantitative estimate of drug-likeness (QED) is 0.0197. The molecule has 0 aromatic heterocycles. The summed E-state index contributed by atoms with van der Waals surface area (Å²) in [5.74, 6) is -1.62. The van der Waals surface area contributed by atoms with Crippen molar-refractivity contribution in [2.45, 2.75) is 277 Å². The lowest BCUT2D eigenvalue weighted by Gasteiger charge is -2.21. The summed E-state index contributed by atoms with van der Waals surface area (Å²) in [5, 5.41) is 9.83. The number of esters is 3. The van der Waals surface area contributed by atoms with Crippen LogP contribution in [0, 0.1) is 0 Å². The van der Waals surface area contributed by atoms with Gasteiger partial charge in [-0.15, -0.1) is 0 Å². The summed E-state index contributed by atoms with van der Waals surface area (Å²) in [6.45, 7) is 4.42. The molecule has 11 nitrogen and oxygen atoms in total. The van der Waals surface area contributed by atoms with E-state index in [0.29, 0.717) is 19.3 Å². The maximum absolute atomic E-state index is 12.9. The normalized spacial score (nSPS) is 13.9. The van der Waals surface area contributed by atoms with Crippen LogP contribution in [0.4, 0.5) is 0 Å². The molecule has 3 unspecified atom stereocenters. The van der Waals surface area contributed by atoms with Crippen LogP contribution in [0.25, 0.3) is 0 Å². The Hall–Kier alpha value is -3.34. The molecule has 3 atom stereocenters. The van der Waals surface area contributed by atoms with Gasteiger partial charge in [-0.25, -0.2) is 4.57 Å². The maximum atomic E-state index is 12.9. The number of rotatable bonds is 56. The smallest absolute Gasteiger partial charge is 0.462 e. The van der Waals surface area contributed by atoms with Crippen LogP contribution in [0.1, 0.15) is 265 Å². The second-order valence-corrected chi connectivity index (χ2v) is 21.6. The molecule has 0 aliphatic rings. The topological polar surface area (TPSA) is 155 Å². The van der Waals surface area contributed by atoms with Gasteiger partial charge in [0.05, 0.1) is 26.2 Å². The van der Waals surface area contributed by atoms with Crippen molar-refractivity contribution in [2.75, 3.05) is 26.4 Å². The van der Waals surface area contributed by atoms with E-state index in [9.17, 15) is 28.9 Å². The van der Waals surface area contributed by atoms with Gasteiger partial charge in [0.2, 0.25) is 0 Å². The molecule has 2 N–H and O–H groups in total. The zero-order valence-electron chi connectivity index (χ0n) is 48.5. The van der Waals surface area contributed by atoms with Crippen molar-refractivity contribution in [3.05, 3.63) is 85.1 Å². The summed E-state index contributed by atoms with van der Waals surface area (Å²) >= 11 is 0. The van der Waals surface area contributed by atoms with Crippen LogP contribution in [0.2, 0.25) is 0 Å². The Morgan fingerprint density at radius 1 is 0.395 bits per heavy atom. The second-order valence-electron chi connectivity index (χ2n) is 20.2. The van der Waals surface area contributed by atoms with Crippen molar-refractivity contribution in [1.82, 2.24) is 0 Å². The highest BCUT2D eigenvalue weighted by molar-refractivity contribution is 7.47. The number of allylic oxidation sites excluding steroid dienone is 13. The van der Waals surface area contributed by atoms with E-state index in [1.165, 1.54) is 128 Å². The number of hydrogen-bond donors (Lipinski definition) is 2. The average Bonchev–Trinajstić information content (AvgIpc) is 3.41. The number of carbonyl (C=O) groups is 3. The average molecular weight is 1090 g/mol. The molecule has 76 heavy (non-hydrogen) atoms. The number of unbranched alkanes of at least 4 members (excludes halogenated alkanes) is 26. The van der Waals surface area contributed by atoms with Crippen LogP contribution < -0.4 is 0 Å². The van der Waals surface area contributed by atoms with Crippen molar-refractivity contribution in [3.8, 4) is 0 Å². The van der Waals surface area contributed by atoms with Crippen LogP contribution >= 0.6 is 7.82 Å². The summed E-state index contributed by atoms with van der Waals surface area (Å²) in [7, 11) is -4.78. The van der Waals surface area contributed by atoms with Gasteiger partial charge in [-0.2, -0.15) is 0 Å². The van der Waals surface area contributed by atoms with Crippen LogP contribution in [0.3, 0.4) is 0 Å². The minimum Gasteiger partial charge on any atom is -0.462 e. The highest BCUT2D eigenvalue weighted by Gasteiger charge is 2.28. The summed E-state index contributed by atoms with van der Waals surface area (Å²) in [6, 6.07) is 0. The largest absolute Gasteiger partial charge is 0.472 e. The Kier molecular flexibility index (Phi) is 55.3. The molecule has 0 aromatic rings. The van der Waals surface area contributed by atoms with Gasteiger partial charge in [0.25, 0.3) is 0 Å². The molecule has 0 amide bonds. The van der Waals surface area contributed by atoms with E-state index in [1.807, 2.05) is 12.2 Å². The van der Waals surface area contributed by atoms with Crippen molar-refractivity contribution in [3.63, 3.8) is 0 Å². The molecule has 0 rings (SSSR count). The number of phosphoric acid groups is 1. The van der Waals surface area contributed by atoms with Crippen LogP contribution in [-0.4, -0.2) is 66.5 Å². The second kappa shape index (κ2) is 57.8. The van der Waals surface area contributed by atoms with E-state index < -0.39 is 57.8 Å². The number of phosphoric ester groups is 1. The maximum Gasteiger partial charge on any atom is 0.472 e. The fourth-order valence-corrected chi connectivity index (χ4v) is 9.01. The molecule has 0 fully saturated rings. The van der Waals surface area contributed by atoms with Crippen LogP contribution in [-0.2, 0) is 42.2 Å². The fraction of sp³-hybridized carbons (Fsp3) is 0.734. The lowest BCUT2D eigenvalue weighted by Crippen LogP contribution is -2.30. The predicted octanol–water partition coefficient (Wildman–Crippen LogP) is 18.3. The number of carbonyl (C=O) groups excluding carboxylic acids is 3. The molecule has 438 valence electrons. The molecule has 0 aliphatic carbocycles. The Balaban J connectivity index is 4.78. The number of hydrogen-bond acceptors (Lipinski definition) is 10. The van der Waals surface area contributed by atoms with E-state index in [1.54, 1.807) is 6.08 Å². The minimum absolute atomic E-state index is 0.0666. The molecule has 0 aromatic carbocycles. The molecular weight excluding hydrogens is 976 g/mol. The molecule has 0 bridgehead atoms. The monoisotopic (exact) mass is 1090 g/mol. The summed E-state index contributed by atoms with van der Waals surface area (Å²) in [5.41, 5.74) is 0. The van der Waals surface area contributed by atoms with E-state index in [4.69, 9.17) is 23.3 Å². The first-order valence-electron chi connectivity index (χ1n) is 30.5. The highest BCUT2D eigenvalue weighted by Crippen LogP contribution is 2.43. The number of aliphatic hydroxyl groups excluding tert-OH is 1. The van der Waals surface area contributed by atoms with Gasteiger partial charge >= 0.3 is 25.7 Å². The minimum atomic E-state index is -4.78. The van der Waals surface area contributed by atoms with Gasteiger partial charge in [0.15, 0.2) is 6.10 Å². The van der Waals surface area contributed by atoms with E-state index in [-0.39, 0.29) is 25.9 Å². The zero-order valence-corrected chi connectivity index (χ0v) is 49.3. The molecule has 0 saturated heterocycles. The summed E-state index contributed by atoms with van der Waals surface area (Å²) in [6.07, 6.45) is 67.1. The van der Waals surface area contributed by atoms with Gasteiger partial charge in [0.1, 0.15) is 12.7 Å². The lowest BCUT2D eigenvalue weighted by atomic mass is 10.0. The SMILES string of the molecule is CC/C=C\C/C=C\C/C=C\C/C=C\C/C=C\CC(=O)OC(COC(=O)CCCCCCCCCCC/C=C\C/C=C\CCCCC)COP(=O)(O)OCC(CO)OC(=O)CCCCCCCCCCCCCCCCC. The standard InChI is InChI=1S/C64H111O11P/c1-4-7-10-13-16-19-22-25-28-29-30-31-34-35-38-41-44-47-50-53-62(66)71-57-61(75-64(68)55-52-49-46-43-40-37-33-27-24-21-18-15-12-9-6-3)59-73-76(69,70)72-58-60(56-65)74-63(67)54-51-48-45-42-39-36-32-26-23-20-17-14-11-8-5-2/h9,12,16,18-19,21,25,27-28,33,40,43,49,52,60-61,65H,4-8,10-11,13-15,17,20,22-24,26,29-32,34-39,41-42,44-48,50-51,53-59H2,1-3H3,(H,69,70)/b12-9-,19-16-,21-18-,28-25-,33-27-,43-40-,52-49-. The van der Waals surface area contributed by atoms with Gasteiger partial charge in [0, 0.05) is 12.8 Å². The van der Waals surface area contributed by atoms with Gasteiger partial charge in [-0.1, -0.05) is 254 Å². The number of ether oxygens (including phenoxy) is 3. The third-order valence-corrected chi connectivity index (χ3v) is 13.8. The Labute approximate surface area is 464 Å². The third-order valence-electron chi connectivity index (χ3n) is 12.8. The zero-order chi connectivity index (χ0) is 55.5. The number of aliphatic hydroxyl groups is 1. The molecule has 0 aliphatic heterocycles. The lowest BCUT2D eigenvalue weighted by molar-refractivity contribution is -0.160. The van der Waals surface area contributed by atoms with Crippen molar-refractivity contribution < 1.29 is 52.2 Å². The van der Waals surface area contributed by atoms with E-state index in [0.717, 1.165) is 77.0 Å². The van der Waals surface area contributed by atoms with Crippen molar-refractivity contribution >= 4 is 25.7 Å². The molecule has 0 heterocycles. The first-order valence-corrected chi connectivity index (χ1v) is 32.0. The third kappa shape index (κ3) is 55.4.